The number of alkyl halides is 3. The molecule has 1 fully saturated rings. The topological polar surface area (TPSA) is 71.6 Å². The number of benzene rings is 2. The van der Waals surface area contributed by atoms with Gasteiger partial charge in [0.05, 0.1) is 35.2 Å². The molecule has 0 spiro atoms. The number of hydrogen-bond acceptors (Lipinski definition) is 6. The van der Waals surface area contributed by atoms with Crippen LogP contribution in [0.25, 0.3) is 11.3 Å². The number of hydrogen-bond donors (Lipinski definition) is 1. The van der Waals surface area contributed by atoms with Crippen molar-refractivity contribution in [2.75, 3.05) is 51.2 Å². The zero-order valence-electron chi connectivity index (χ0n) is 21.3. The second-order valence-electron chi connectivity index (χ2n) is 10.1. The molecule has 0 bridgehead atoms. The Morgan fingerprint density at radius 1 is 1.00 bits per heavy atom. The van der Waals surface area contributed by atoms with E-state index in [2.05, 4.69) is 20.8 Å². The van der Waals surface area contributed by atoms with E-state index in [-0.39, 0.29) is 0 Å². The number of nitrogens with zero attached hydrogens (tertiary/aromatic N) is 6. The maximum absolute atomic E-state index is 13.1. The highest BCUT2D eigenvalue weighted by Crippen LogP contribution is 2.34. The Kier molecular flexibility index (Phi) is 7.43. The van der Waals surface area contributed by atoms with E-state index in [1.54, 1.807) is 0 Å². The minimum absolute atomic E-state index is 0.324. The van der Waals surface area contributed by atoms with Gasteiger partial charge in [0, 0.05) is 69.1 Å². The number of β-amino-alcohol motifs (C(OH)–C–C–N with tert-alkyl or cyclic N) is 1. The first-order chi connectivity index (χ1) is 18.2. The zero-order chi connectivity index (χ0) is 26.9. The summed E-state index contributed by atoms with van der Waals surface area (Å²) in [4.78, 5) is 6.59. The SMILES string of the molecule is CN1CCc2c(c(-c3ccc(C(F)(F)F)cc3)nn2CC(O)CN2CCN(c3ccccc3C#N)CC2)C1. The number of piperazine rings is 1. The van der Waals surface area contributed by atoms with E-state index in [0.29, 0.717) is 36.5 Å². The molecule has 5 rings (SSSR count). The van der Waals surface area contributed by atoms with E-state index in [0.717, 1.165) is 68.2 Å². The summed E-state index contributed by atoms with van der Waals surface area (Å²) in [6.45, 7) is 5.43. The number of aliphatic hydroxyl groups is 1. The molecule has 0 saturated carbocycles. The Bertz CT molecular complexity index is 1310. The number of para-hydroxylation sites is 1. The van der Waals surface area contributed by atoms with Gasteiger partial charge in [0.25, 0.3) is 0 Å². The number of likely N-dealkylation sites (N-methyl/N-ethyl adjacent to an activating group) is 1. The Morgan fingerprint density at radius 3 is 2.39 bits per heavy atom. The average molecular weight is 525 g/mol. The molecule has 0 aliphatic carbocycles. The fraction of sp³-hybridized carbons (Fsp3) is 0.429. The standard InChI is InChI=1S/C28H31F3N6O/c1-34-11-10-26-24(19-34)27(20-6-8-22(9-7-20)28(29,30)31)33-37(26)18-23(38)17-35-12-14-36(15-13-35)25-5-3-2-4-21(25)16-32/h2-9,23,38H,10-15,17-19H2,1H3. The van der Waals surface area contributed by atoms with Crippen molar-refractivity contribution in [3.63, 3.8) is 0 Å². The van der Waals surface area contributed by atoms with Crippen molar-refractivity contribution in [2.45, 2.75) is 31.8 Å². The predicted molar refractivity (Wildman–Crippen MR) is 139 cm³/mol. The maximum Gasteiger partial charge on any atom is 0.416 e. The van der Waals surface area contributed by atoms with Gasteiger partial charge < -0.3 is 14.9 Å². The van der Waals surface area contributed by atoms with Crippen molar-refractivity contribution in [3.05, 3.63) is 70.9 Å². The molecule has 200 valence electrons. The first-order valence-electron chi connectivity index (χ1n) is 12.8. The van der Waals surface area contributed by atoms with Crippen molar-refractivity contribution in [1.29, 1.82) is 5.26 Å². The van der Waals surface area contributed by atoms with Gasteiger partial charge in [-0.05, 0) is 31.3 Å². The molecule has 7 nitrogen and oxygen atoms in total. The number of rotatable bonds is 6. The van der Waals surface area contributed by atoms with Gasteiger partial charge in [-0.15, -0.1) is 0 Å². The minimum atomic E-state index is -4.38. The third-order valence-corrected chi connectivity index (χ3v) is 7.40. The van der Waals surface area contributed by atoms with Gasteiger partial charge in [-0.1, -0.05) is 24.3 Å². The van der Waals surface area contributed by atoms with Crippen LogP contribution in [0.5, 0.6) is 0 Å². The number of halogens is 3. The lowest BCUT2D eigenvalue weighted by Gasteiger charge is -2.37. The lowest BCUT2D eigenvalue weighted by molar-refractivity contribution is -0.137. The van der Waals surface area contributed by atoms with Crippen LogP contribution in [0.4, 0.5) is 18.9 Å². The summed E-state index contributed by atoms with van der Waals surface area (Å²) < 4.78 is 41.0. The number of aromatic nitrogens is 2. The molecule has 3 heterocycles. The van der Waals surface area contributed by atoms with Crippen LogP contribution in [0.2, 0.25) is 0 Å². The molecule has 3 aromatic rings. The molecule has 1 saturated heterocycles. The smallest absolute Gasteiger partial charge is 0.390 e. The van der Waals surface area contributed by atoms with Gasteiger partial charge in [-0.3, -0.25) is 9.58 Å². The minimum Gasteiger partial charge on any atom is -0.390 e. The molecule has 38 heavy (non-hydrogen) atoms. The molecule has 0 amide bonds. The number of nitriles is 1. The first kappa shape index (κ1) is 26.2. The van der Waals surface area contributed by atoms with Crippen LogP contribution in [-0.2, 0) is 25.7 Å². The summed E-state index contributed by atoms with van der Waals surface area (Å²) in [5.74, 6) is 0. The Balaban J connectivity index is 1.27. The van der Waals surface area contributed by atoms with E-state index in [1.807, 2.05) is 36.0 Å². The molecule has 1 N–H and O–H groups in total. The Hall–Kier alpha value is -3.39. The molecule has 1 atom stereocenters. The maximum atomic E-state index is 13.1. The highest BCUT2D eigenvalue weighted by Gasteiger charge is 2.31. The molecular formula is C28H31F3N6O. The molecule has 0 radical (unpaired) electrons. The van der Waals surface area contributed by atoms with Crippen molar-refractivity contribution < 1.29 is 18.3 Å². The van der Waals surface area contributed by atoms with Crippen LogP contribution in [0.1, 0.15) is 22.4 Å². The van der Waals surface area contributed by atoms with Crippen molar-refractivity contribution in [1.82, 2.24) is 19.6 Å². The van der Waals surface area contributed by atoms with Crippen LogP contribution >= 0.6 is 0 Å². The van der Waals surface area contributed by atoms with Gasteiger partial charge >= 0.3 is 6.18 Å². The lowest BCUT2D eigenvalue weighted by Crippen LogP contribution is -2.49. The third kappa shape index (κ3) is 5.55. The summed E-state index contributed by atoms with van der Waals surface area (Å²) in [7, 11) is 2.01. The number of anilines is 1. The van der Waals surface area contributed by atoms with Gasteiger partial charge in [-0.25, -0.2) is 0 Å². The Morgan fingerprint density at radius 2 is 1.71 bits per heavy atom. The van der Waals surface area contributed by atoms with E-state index < -0.39 is 17.8 Å². The largest absolute Gasteiger partial charge is 0.416 e. The molecule has 10 heteroatoms. The first-order valence-corrected chi connectivity index (χ1v) is 12.8. The van der Waals surface area contributed by atoms with E-state index in [4.69, 9.17) is 5.10 Å². The normalized spacial score (nSPS) is 17.7. The molecule has 2 aromatic carbocycles. The average Bonchev–Trinajstić information content (AvgIpc) is 3.25. The highest BCUT2D eigenvalue weighted by atomic mass is 19.4. The van der Waals surface area contributed by atoms with Crippen molar-refractivity contribution in [3.8, 4) is 17.3 Å². The molecule has 2 aliphatic heterocycles. The zero-order valence-corrected chi connectivity index (χ0v) is 21.3. The van der Waals surface area contributed by atoms with Crippen LogP contribution in [0.15, 0.2) is 48.5 Å². The van der Waals surface area contributed by atoms with Gasteiger partial charge in [0.2, 0.25) is 0 Å². The lowest BCUT2D eigenvalue weighted by atomic mass is 10.0. The molecular weight excluding hydrogens is 493 g/mol. The van der Waals surface area contributed by atoms with Gasteiger partial charge in [0.1, 0.15) is 6.07 Å². The summed E-state index contributed by atoms with van der Waals surface area (Å²) in [5.41, 5.74) is 4.30. The second kappa shape index (κ2) is 10.8. The summed E-state index contributed by atoms with van der Waals surface area (Å²) in [6.07, 6.45) is -4.26. The van der Waals surface area contributed by atoms with E-state index in [1.165, 1.54) is 12.1 Å². The third-order valence-electron chi connectivity index (χ3n) is 7.40. The highest BCUT2D eigenvalue weighted by molar-refractivity contribution is 5.65. The fourth-order valence-electron chi connectivity index (χ4n) is 5.40. The van der Waals surface area contributed by atoms with Crippen LogP contribution < -0.4 is 4.90 Å². The van der Waals surface area contributed by atoms with Crippen LogP contribution in [-0.4, -0.2) is 77.1 Å². The summed E-state index contributed by atoms with van der Waals surface area (Å²) in [6, 6.07) is 15.0. The number of aliphatic hydroxyl groups excluding tert-OH is 1. The van der Waals surface area contributed by atoms with E-state index in [9.17, 15) is 23.5 Å². The monoisotopic (exact) mass is 524 g/mol. The van der Waals surface area contributed by atoms with Crippen molar-refractivity contribution in [2.24, 2.45) is 0 Å². The summed E-state index contributed by atoms with van der Waals surface area (Å²) >= 11 is 0. The van der Waals surface area contributed by atoms with E-state index >= 15 is 0 Å². The molecule has 1 unspecified atom stereocenters. The van der Waals surface area contributed by atoms with Crippen molar-refractivity contribution >= 4 is 5.69 Å². The molecule has 1 aromatic heterocycles. The van der Waals surface area contributed by atoms with Crippen LogP contribution in [0, 0.1) is 11.3 Å². The fourth-order valence-corrected chi connectivity index (χ4v) is 5.40. The summed E-state index contributed by atoms with van der Waals surface area (Å²) in [5, 5.41) is 25.2. The van der Waals surface area contributed by atoms with Gasteiger partial charge in [0.15, 0.2) is 0 Å². The Labute approximate surface area is 220 Å². The second-order valence-corrected chi connectivity index (χ2v) is 10.1. The van der Waals surface area contributed by atoms with Crippen LogP contribution in [0.3, 0.4) is 0 Å². The predicted octanol–water partition coefficient (Wildman–Crippen LogP) is 3.61. The molecule has 2 aliphatic rings. The quantitative estimate of drug-likeness (QED) is 0.531. The van der Waals surface area contributed by atoms with Gasteiger partial charge in [-0.2, -0.15) is 23.5 Å². The number of fused-ring (bicyclic) bond motifs is 1.